The number of nitrogens with one attached hydrogen (secondary N) is 1. The van der Waals surface area contributed by atoms with Crippen LogP contribution in [0.1, 0.15) is 17.5 Å². The molecule has 1 aromatic rings. The Morgan fingerprint density at radius 1 is 1.67 bits per heavy atom. The zero-order valence-corrected chi connectivity index (χ0v) is 6.53. The van der Waals surface area contributed by atoms with Crippen molar-refractivity contribution in [2.24, 2.45) is 5.18 Å². The zero-order chi connectivity index (χ0) is 8.97. The summed E-state index contributed by atoms with van der Waals surface area (Å²) in [5.41, 5.74) is 0. The molecule has 5 nitrogen and oxygen atoms in total. The Morgan fingerprint density at radius 2 is 2.42 bits per heavy atom. The van der Waals surface area contributed by atoms with Crippen LogP contribution < -0.4 is 5.32 Å². The van der Waals surface area contributed by atoms with Gasteiger partial charge in [0, 0.05) is 17.8 Å². The van der Waals surface area contributed by atoms with Crippen LogP contribution in [0.3, 0.4) is 0 Å². The summed E-state index contributed by atoms with van der Waals surface area (Å²) < 4.78 is 4.76. The molecule has 0 aliphatic rings. The molecule has 0 saturated heterocycles. The van der Waals surface area contributed by atoms with Crippen molar-refractivity contribution in [1.82, 2.24) is 5.32 Å². The summed E-state index contributed by atoms with van der Waals surface area (Å²) in [6.45, 7) is 2.31. The number of nitrogens with zero attached hydrogens (tertiary/aromatic N) is 1. The Kier molecular flexibility index (Phi) is 2.57. The van der Waals surface area contributed by atoms with Crippen molar-refractivity contribution in [3.8, 4) is 0 Å². The number of amides is 1. The van der Waals surface area contributed by atoms with Crippen molar-refractivity contribution in [3.05, 3.63) is 22.8 Å². The van der Waals surface area contributed by atoms with Gasteiger partial charge in [0.25, 0.3) is 11.8 Å². The number of carbonyl (C=O) groups excluding carboxylic acids is 1. The summed E-state index contributed by atoms with van der Waals surface area (Å²) in [5.74, 6) is -0.324. The van der Waals surface area contributed by atoms with E-state index in [2.05, 4.69) is 10.5 Å². The van der Waals surface area contributed by atoms with Crippen LogP contribution in [0, 0.1) is 4.91 Å². The van der Waals surface area contributed by atoms with Gasteiger partial charge in [0.15, 0.2) is 5.76 Å². The average molecular weight is 168 g/mol. The number of carbonyl (C=O) groups is 1. The minimum atomic E-state index is -0.340. The Bertz CT molecular complexity index is 293. The second-order valence-electron chi connectivity index (χ2n) is 2.09. The molecule has 5 heteroatoms. The van der Waals surface area contributed by atoms with Crippen LogP contribution in [0.4, 0.5) is 5.88 Å². The van der Waals surface area contributed by atoms with Crippen LogP contribution >= 0.6 is 0 Å². The molecule has 0 atom stereocenters. The first-order valence-corrected chi connectivity index (χ1v) is 3.49. The van der Waals surface area contributed by atoms with Gasteiger partial charge in [-0.3, -0.25) is 4.79 Å². The van der Waals surface area contributed by atoms with Crippen LogP contribution in [0.2, 0.25) is 0 Å². The second kappa shape index (κ2) is 3.66. The van der Waals surface area contributed by atoms with Crippen LogP contribution in [0.25, 0.3) is 0 Å². The smallest absolute Gasteiger partial charge is 0.287 e. The monoisotopic (exact) mass is 168 g/mol. The summed E-state index contributed by atoms with van der Waals surface area (Å²) in [7, 11) is 0. The van der Waals surface area contributed by atoms with E-state index in [9.17, 15) is 9.70 Å². The van der Waals surface area contributed by atoms with Crippen LogP contribution in [0.15, 0.2) is 21.7 Å². The van der Waals surface area contributed by atoms with Crippen molar-refractivity contribution in [2.75, 3.05) is 6.54 Å². The number of rotatable bonds is 3. The molecular formula is C7H8N2O3. The van der Waals surface area contributed by atoms with Crippen molar-refractivity contribution in [1.29, 1.82) is 0 Å². The highest BCUT2D eigenvalue weighted by Gasteiger charge is 2.09. The first-order valence-electron chi connectivity index (χ1n) is 3.49. The van der Waals surface area contributed by atoms with Gasteiger partial charge in [0.1, 0.15) is 0 Å². The van der Waals surface area contributed by atoms with E-state index in [1.807, 2.05) is 0 Å². The van der Waals surface area contributed by atoms with Gasteiger partial charge in [-0.25, -0.2) is 0 Å². The molecule has 0 fully saturated rings. The molecule has 1 heterocycles. The fourth-order valence-corrected chi connectivity index (χ4v) is 0.746. The molecule has 12 heavy (non-hydrogen) atoms. The summed E-state index contributed by atoms with van der Waals surface area (Å²) in [6, 6.07) is 2.75. The van der Waals surface area contributed by atoms with Crippen molar-refractivity contribution in [3.63, 3.8) is 0 Å². The first kappa shape index (κ1) is 8.45. The molecule has 0 bridgehead atoms. The van der Waals surface area contributed by atoms with Gasteiger partial charge >= 0.3 is 0 Å². The number of hydrogen-bond donors (Lipinski definition) is 1. The molecule has 0 aliphatic heterocycles. The maximum absolute atomic E-state index is 11.0. The number of furan rings is 1. The third-order valence-corrected chi connectivity index (χ3v) is 1.24. The summed E-state index contributed by atoms with van der Waals surface area (Å²) in [5, 5.41) is 5.06. The molecule has 0 unspecified atom stereocenters. The van der Waals surface area contributed by atoms with E-state index in [1.165, 1.54) is 12.1 Å². The lowest BCUT2D eigenvalue weighted by atomic mass is 10.4. The molecular weight excluding hydrogens is 160 g/mol. The van der Waals surface area contributed by atoms with Gasteiger partial charge in [-0.2, -0.15) is 0 Å². The van der Waals surface area contributed by atoms with Gasteiger partial charge in [0.2, 0.25) is 0 Å². The zero-order valence-electron chi connectivity index (χ0n) is 6.53. The van der Waals surface area contributed by atoms with Crippen LogP contribution in [-0.4, -0.2) is 12.5 Å². The molecule has 64 valence electrons. The molecule has 0 aromatic carbocycles. The summed E-state index contributed by atoms with van der Waals surface area (Å²) in [4.78, 5) is 21.0. The van der Waals surface area contributed by atoms with Crippen molar-refractivity contribution in [2.45, 2.75) is 6.92 Å². The Morgan fingerprint density at radius 3 is 2.92 bits per heavy atom. The number of hydrogen-bond acceptors (Lipinski definition) is 4. The number of nitroso groups, excluding NO2 is 1. The Hall–Kier alpha value is -1.65. The molecule has 0 aliphatic carbocycles. The molecule has 1 aromatic heterocycles. The Balaban J connectivity index is 2.74. The minimum absolute atomic E-state index is 0.0868. The van der Waals surface area contributed by atoms with E-state index >= 15 is 0 Å². The fourth-order valence-electron chi connectivity index (χ4n) is 0.746. The third-order valence-electron chi connectivity index (χ3n) is 1.24. The maximum atomic E-state index is 11.0. The van der Waals surface area contributed by atoms with Crippen LogP contribution in [-0.2, 0) is 0 Å². The van der Waals surface area contributed by atoms with Gasteiger partial charge in [0.05, 0.1) is 0 Å². The summed E-state index contributed by atoms with van der Waals surface area (Å²) >= 11 is 0. The van der Waals surface area contributed by atoms with E-state index in [-0.39, 0.29) is 17.6 Å². The lowest BCUT2D eigenvalue weighted by Gasteiger charge is -1.95. The van der Waals surface area contributed by atoms with E-state index in [1.54, 1.807) is 6.92 Å². The first-order chi connectivity index (χ1) is 5.77. The van der Waals surface area contributed by atoms with Crippen LogP contribution in [0.5, 0.6) is 0 Å². The lowest BCUT2D eigenvalue weighted by molar-refractivity contribution is 0.0929. The van der Waals surface area contributed by atoms with Crippen molar-refractivity contribution >= 4 is 11.8 Å². The minimum Gasteiger partial charge on any atom is -0.430 e. The normalized spacial score (nSPS) is 9.42. The highest BCUT2D eigenvalue weighted by atomic mass is 16.4. The molecule has 1 amide bonds. The Labute approximate surface area is 68.7 Å². The predicted molar refractivity (Wildman–Crippen MR) is 42.2 cm³/mol. The predicted octanol–water partition coefficient (Wildman–Crippen LogP) is 1.43. The van der Waals surface area contributed by atoms with Crippen molar-refractivity contribution < 1.29 is 9.21 Å². The second-order valence-corrected chi connectivity index (χ2v) is 2.09. The van der Waals surface area contributed by atoms with Gasteiger partial charge in [-0.15, -0.1) is 4.91 Å². The van der Waals surface area contributed by atoms with E-state index in [4.69, 9.17) is 4.42 Å². The molecule has 0 spiro atoms. The largest absolute Gasteiger partial charge is 0.430 e. The molecule has 1 rings (SSSR count). The van der Waals surface area contributed by atoms with Gasteiger partial charge in [-0.05, 0) is 13.0 Å². The summed E-state index contributed by atoms with van der Waals surface area (Å²) in [6.07, 6.45) is 0. The fraction of sp³-hybridized carbons (Fsp3) is 0.286. The van der Waals surface area contributed by atoms with Gasteiger partial charge in [-0.1, -0.05) is 0 Å². The van der Waals surface area contributed by atoms with E-state index in [0.29, 0.717) is 6.54 Å². The molecule has 0 radical (unpaired) electrons. The SMILES string of the molecule is CCNC(=O)c1ccc(N=O)o1. The molecule has 0 saturated carbocycles. The highest BCUT2D eigenvalue weighted by molar-refractivity contribution is 5.91. The highest BCUT2D eigenvalue weighted by Crippen LogP contribution is 2.15. The lowest BCUT2D eigenvalue weighted by Crippen LogP contribution is -2.21. The van der Waals surface area contributed by atoms with Gasteiger partial charge < -0.3 is 9.73 Å². The standard InChI is InChI=1S/C7H8N2O3/c1-2-8-7(10)5-3-4-6(9-11)12-5/h3-4H,2H2,1H3,(H,8,10). The van der Waals surface area contributed by atoms with E-state index < -0.39 is 0 Å². The third kappa shape index (κ3) is 1.69. The average Bonchev–Trinajstić information content (AvgIpc) is 2.52. The quantitative estimate of drug-likeness (QED) is 0.694. The maximum Gasteiger partial charge on any atom is 0.287 e. The van der Waals surface area contributed by atoms with E-state index in [0.717, 1.165) is 0 Å². The molecule has 1 N–H and O–H groups in total. The topological polar surface area (TPSA) is 71.7 Å².